The zero-order chi connectivity index (χ0) is 19.7. The summed E-state index contributed by atoms with van der Waals surface area (Å²) in [6, 6.07) is 9.15. The largest absolute Gasteiger partial charge is 0.489 e. The minimum atomic E-state index is -1.26. The van der Waals surface area contributed by atoms with Gasteiger partial charge in [-0.3, -0.25) is 4.90 Å². The van der Waals surface area contributed by atoms with Crippen LogP contribution in [-0.4, -0.2) is 35.2 Å². The molecule has 4 nitrogen and oxygen atoms in total. The van der Waals surface area contributed by atoms with E-state index in [0.717, 1.165) is 43.4 Å². The standard InChI is InChI=1S/C22H23F2NO3/c23-16-7-3-14(4-8-16)12-25-9-1-2-17(13-25)28-21-11-20(24)19(22(26)27)10-18(21)15-5-6-15/h3-4,7-8,10-11,15,17H,1-2,5-6,9,12-13H2,(H,26,27). The number of ether oxygens (including phenoxy) is 1. The summed E-state index contributed by atoms with van der Waals surface area (Å²) in [6.07, 6.45) is 3.69. The highest BCUT2D eigenvalue weighted by atomic mass is 19.1. The third-order valence-corrected chi connectivity index (χ3v) is 5.42. The van der Waals surface area contributed by atoms with Crippen LogP contribution in [0.4, 0.5) is 8.78 Å². The first-order valence-electron chi connectivity index (χ1n) is 9.70. The minimum absolute atomic E-state index is 0.0817. The predicted molar refractivity (Wildman–Crippen MR) is 101 cm³/mol. The summed E-state index contributed by atoms with van der Waals surface area (Å²) in [6.45, 7) is 2.34. The van der Waals surface area contributed by atoms with Gasteiger partial charge in [0.1, 0.15) is 23.5 Å². The zero-order valence-corrected chi connectivity index (χ0v) is 15.5. The molecule has 148 valence electrons. The van der Waals surface area contributed by atoms with Gasteiger partial charge in [-0.05, 0) is 67.5 Å². The molecule has 1 aliphatic carbocycles. The lowest BCUT2D eigenvalue weighted by atomic mass is 10.0. The van der Waals surface area contributed by atoms with Gasteiger partial charge in [0.25, 0.3) is 0 Å². The van der Waals surface area contributed by atoms with Crippen LogP contribution in [0.15, 0.2) is 36.4 Å². The second-order valence-corrected chi connectivity index (χ2v) is 7.69. The van der Waals surface area contributed by atoms with E-state index < -0.39 is 11.8 Å². The summed E-state index contributed by atoms with van der Waals surface area (Å²) in [4.78, 5) is 13.5. The Morgan fingerprint density at radius 2 is 1.89 bits per heavy atom. The highest BCUT2D eigenvalue weighted by Crippen LogP contribution is 2.45. The number of benzene rings is 2. The molecule has 2 aliphatic rings. The molecule has 6 heteroatoms. The molecule has 1 unspecified atom stereocenters. The van der Waals surface area contributed by atoms with E-state index >= 15 is 0 Å². The van der Waals surface area contributed by atoms with Gasteiger partial charge in [-0.1, -0.05) is 12.1 Å². The van der Waals surface area contributed by atoms with Gasteiger partial charge in [-0.2, -0.15) is 0 Å². The van der Waals surface area contributed by atoms with Crippen LogP contribution in [0.2, 0.25) is 0 Å². The monoisotopic (exact) mass is 387 g/mol. The second kappa shape index (κ2) is 7.87. The fraction of sp³-hybridized carbons (Fsp3) is 0.409. The van der Waals surface area contributed by atoms with Crippen molar-refractivity contribution in [3.05, 3.63) is 64.7 Å². The fourth-order valence-electron chi connectivity index (χ4n) is 3.83. The molecule has 1 atom stereocenters. The molecule has 0 spiro atoms. The van der Waals surface area contributed by atoms with Crippen LogP contribution in [0.3, 0.4) is 0 Å². The normalized spacial score (nSPS) is 20.1. The number of carbonyl (C=O) groups is 1. The van der Waals surface area contributed by atoms with Gasteiger partial charge in [0, 0.05) is 19.2 Å². The summed E-state index contributed by atoms with van der Waals surface area (Å²) in [5.74, 6) is -1.53. The number of aromatic carboxylic acids is 1. The molecule has 2 aromatic carbocycles. The van der Waals surface area contributed by atoms with E-state index in [1.165, 1.54) is 24.3 Å². The zero-order valence-electron chi connectivity index (χ0n) is 15.5. The van der Waals surface area contributed by atoms with Crippen molar-refractivity contribution in [2.75, 3.05) is 13.1 Å². The molecule has 1 saturated heterocycles. The molecule has 28 heavy (non-hydrogen) atoms. The van der Waals surface area contributed by atoms with Crippen molar-refractivity contribution in [3.8, 4) is 5.75 Å². The number of likely N-dealkylation sites (tertiary alicyclic amines) is 1. The van der Waals surface area contributed by atoms with Crippen molar-refractivity contribution in [2.24, 2.45) is 0 Å². The predicted octanol–water partition coefficient (Wildman–Crippen LogP) is 4.58. The fourth-order valence-corrected chi connectivity index (χ4v) is 3.83. The lowest BCUT2D eigenvalue weighted by Gasteiger charge is -2.33. The van der Waals surface area contributed by atoms with Gasteiger partial charge in [-0.15, -0.1) is 0 Å². The van der Waals surface area contributed by atoms with E-state index in [2.05, 4.69) is 4.90 Å². The molecule has 2 fully saturated rings. The van der Waals surface area contributed by atoms with E-state index in [-0.39, 0.29) is 23.4 Å². The third-order valence-electron chi connectivity index (χ3n) is 5.42. The van der Waals surface area contributed by atoms with Crippen molar-refractivity contribution in [3.63, 3.8) is 0 Å². The Morgan fingerprint density at radius 3 is 2.57 bits per heavy atom. The Morgan fingerprint density at radius 1 is 1.14 bits per heavy atom. The van der Waals surface area contributed by atoms with Crippen molar-refractivity contribution in [2.45, 2.75) is 44.2 Å². The number of carboxylic acid groups (broad SMARTS) is 1. The van der Waals surface area contributed by atoms with Crippen LogP contribution >= 0.6 is 0 Å². The van der Waals surface area contributed by atoms with Gasteiger partial charge < -0.3 is 9.84 Å². The Hall–Kier alpha value is -2.47. The Labute approximate surface area is 162 Å². The summed E-state index contributed by atoms with van der Waals surface area (Å²) in [5.41, 5.74) is 1.54. The van der Waals surface area contributed by atoms with Gasteiger partial charge >= 0.3 is 5.97 Å². The molecule has 2 aromatic rings. The maximum Gasteiger partial charge on any atom is 0.338 e. The van der Waals surface area contributed by atoms with Crippen LogP contribution < -0.4 is 4.74 Å². The Bertz CT molecular complexity index is 865. The summed E-state index contributed by atoms with van der Waals surface area (Å²) in [7, 11) is 0. The van der Waals surface area contributed by atoms with Crippen LogP contribution in [-0.2, 0) is 6.54 Å². The molecular formula is C22H23F2NO3. The number of hydrogen-bond acceptors (Lipinski definition) is 3. The quantitative estimate of drug-likeness (QED) is 0.788. The van der Waals surface area contributed by atoms with E-state index in [9.17, 15) is 18.7 Å². The first-order valence-corrected chi connectivity index (χ1v) is 9.70. The molecule has 0 amide bonds. The number of nitrogens with zero attached hydrogens (tertiary/aromatic N) is 1. The number of carboxylic acids is 1. The SMILES string of the molecule is O=C(O)c1cc(C2CC2)c(OC2CCCN(Cc3ccc(F)cc3)C2)cc1F. The van der Waals surface area contributed by atoms with Gasteiger partial charge in [0.05, 0.1) is 5.56 Å². The topological polar surface area (TPSA) is 49.8 Å². The molecule has 1 N–H and O–H groups in total. The van der Waals surface area contributed by atoms with Crippen molar-refractivity contribution in [1.29, 1.82) is 0 Å². The molecule has 1 heterocycles. The second-order valence-electron chi connectivity index (χ2n) is 7.69. The molecule has 4 rings (SSSR count). The summed E-state index contributed by atoms with van der Waals surface area (Å²) < 4.78 is 33.5. The van der Waals surface area contributed by atoms with E-state index in [1.807, 2.05) is 0 Å². The summed E-state index contributed by atoms with van der Waals surface area (Å²) >= 11 is 0. The molecule has 0 radical (unpaired) electrons. The first kappa shape index (κ1) is 18.9. The van der Waals surface area contributed by atoms with E-state index in [4.69, 9.17) is 4.74 Å². The average Bonchev–Trinajstić information content (AvgIpc) is 3.49. The number of hydrogen-bond donors (Lipinski definition) is 1. The molecular weight excluding hydrogens is 364 g/mol. The molecule has 1 aliphatic heterocycles. The van der Waals surface area contributed by atoms with Crippen LogP contribution in [0, 0.1) is 11.6 Å². The van der Waals surface area contributed by atoms with Crippen molar-refractivity contribution < 1.29 is 23.4 Å². The Kier molecular flexibility index (Phi) is 5.31. The molecule has 0 bridgehead atoms. The van der Waals surface area contributed by atoms with Crippen LogP contribution in [0.1, 0.15) is 53.1 Å². The molecule has 0 aromatic heterocycles. The number of halogens is 2. The number of rotatable bonds is 6. The summed E-state index contributed by atoms with van der Waals surface area (Å²) in [5, 5.41) is 9.19. The molecule has 1 saturated carbocycles. The third kappa shape index (κ3) is 4.33. The highest BCUT2D eigenvalue weighted by Gasteiger charge is 2.31. The smallest absolute Gasteiger partial charge is 0.338 e. The van der Waals surface area contributed by atoms with Crippen LogP contribution in [0.5, 0.6) is 5.75 Å². The lowest BCUT2D eigenvalue weighted by Crippen LogP contribution is -2.40. The highest BCUT2D eigenvalue weighted by molar-refractivity contribution is 5.88. The van der Waals surface area contributed by atoms with Crippen molar-refractivity contribution in [1.82, 2.24) is 4.90 Å². The maximum absolute atomic E-state index is 14.2. The van der Waals surface area contributed by atoms with Gasteiger partial charge in [-0.25, -0.2) is 13.6 Å². The van der Waals surface area contributed by atoms with Gasteiger partial charge in [0.15, 0.2) is 0 Å². The van der Waals surface area contributed by atoms with Crippen LogP contribution in [0.25, 0.3) is 0 Å². The number of piperidine rings is 1. The Balaban J connectivity index is 1.47. The van der Waals surface area contributed by atoms with E-state index in [0.29, 0.717) is 18.8 Å². The first-order chi connectivity index (χ1) is 13.5. The maximum atomic E-state index is 14.2. The van der Waals surface area contributed by atoms with E-state index in [1.54, 1.807) is 12.1 Å². The van der Waals surface area contributed by atoms with Crippen molar-refractivity contribution >= 4 is 5.97 Å². The lowest BCUT2D eigenvalue weighted by molar-refractivity contribution is 0.0690. The van der Waals surface area contributed by atoms with Gasteiger partial charge in [0.2, 0.25) is 0 Å². The average molecular weight is 387 g/mol. The minimum Gasteiger partial charge on any atom is -0.489 e.